The van der Waals surface area contributed by atoms with E-state index in [-0.39, 0.29) is 5.91 Å². The van der Waals surface area contributed by atoms with Crippen LogP contribution in [0.1, 0.15) is 37.9 Å². The molecule has 0 unspecified atom stereocenters. The van der Waals surface area contributed by atoms with Gasteiger partial charge in [0.1, 0.15) is 19.0 Å². The number of aryl methyl sites for hydroxylation is 1. The van der Waals surface area contributed by atoms with Crippen LogP contribution in [-0.4, -0.2) is 37.2 Å². The van der Waals surface area contributed by atoms with Gasteiger partial charge in [0.05, 0.1) is 16.8 Å². The maximum absolute atomic E-state index is 13.1. The summed E-state index contributed by atoms with van der Waals surface area (Å²) in [6.07, 6.45) is 2.42. The van der Waals surface area contributed by atoms with Crippen LogP contribution in [-0.2, 0) is 10.2 Å². The van der Waals surface area contributed by atoms with E-state index in [1.54, 1.807) is 0 Å². The number of nitrogens with one attached hydrogen (secondary N) is 1. The fourth-order valence-electron chi connectivity index (χ4n) is 3.64. The largest absolute Gasteiger partial charge is 0.486 e. The summed E-state index contributed by atoms with van der Waals surface area (Å²) in [4.78, 5) is 20.1. The Morgan fingerprint density at radius 1 is 1.07 bits per heavy atom. The third-order valence-corrected chi connectivity index (χ3v) is 5.58. The maximum atomic E-state index is 13.1. The van der Waals surface area contributed by atoms with Gasteiger partial charge >= 0.3 is 0 Å². The SMILES string of the molecule is Cc1nc(N2CCCC2)ccc1NC(=O)C(C)(C)c1ccc2c(c1)OCCO2. The van der Waals surface area contributed by atoms with Crippen molar-refractivity contribution in [3.63, 3.8) is 0 Å². The average Bonchev–Trinajstić information content (AvgIpc) is 3.24. The summed E-state index contributed by atoms with van der Waals surface area (Å²) in [6.45, 7) is 8.94. The van der Waals surface area contributed by atoms with E-state index in [1.807, 2.05) is 51.1 Å². The van der Waals surface area contributed by atoms with Crippen molar-refractivity contribution in [2.75, 3.05) is 36.5 Å². The number of carbonyl (C=O) groups excluding carboxylic acids is 1. The van der Waals surface area contributed by atoms with Crippen LogP contribution in [0.2, 0.25) is 0 Å². The molecule has 1 aromatic heterocycles. The number of nitrogens with zero attached hydrogens (tertiary/aromatic N) is 2. The van der Waals surface area contributed by atoms with Gasteiger partial charge in [-0.25, -0.2) is 4.98 Å². The molecule has 0 atom stereocenters. The Balaban J connectivity index is 1.52. The Morgan fingerprint density at radius 2 is 1.79 bits per heavy atom. The minimum atomic E-state index is -0.726. The fraction of sp³-hybridized carbons (Fsp3) is 0.455. The molecular formula is C22H27N3O3. The summed E-state index contributed by atoms with van der Waals surface area (Å²) in [7, 11) is 0. The number of fused-ring (bicyclic) bond motifs is 1. The molecule has 2 aromatic rings. The van der Waals surface area contributed by atoms with Gasteiger partial charge in [-0.1, -0.05) is 6.07 Å². The first-order valence-corrected chi connectivity index (χ1v) is 9.89. The minimum Gasteiger partial charge on any atom is -0.486 e. The van der Waals surface area contributed by atoms with Crippen molar-refractivity contribution in [1.82, 2.24) is 4.98 Å². The molecule has 28 heavy (non-hydrogen) atoms. The highest BCUT2D eigenvalue weighted by Crippen LogP contribution is 2.36. The predicted octanol–water partition coefficient (Wildman–Crippen LogP) is 3.68. The molecule has 0 aliphatic carbocycles. The number of amides is 1. The Hall–Kier alpha value is -2.76. The summed E-state index contributed by atoms with van der Waals surface area (Å²) in [5.74, 6) is 2.32. The first-order valence-electron chi connectivity index (χ1n) is 9.89. The van der Waals surface area contributed by atoms with Crippen LogP contribution >= 0.6 is 0 Å². The van der Waals surface area contributed by atoms with Crippen LogP contribution in [0.5, 0.6) is 11.5 Å². The zero-order chi connectivity index (χ0) is 19.7. The molecule has 1 amide bonds. The highest BCUT2D eigenvalue weighted by molar-refractivity contribution is 5.99. The lowest BCUT2D eigenvalue weighted by molar-refractivity contribution is -0.120. The van der Waals surface area contributed by atoms with E-state index in [0.717, 1.165) is 41.6 Å². The minimum absolute atomic E-state index is 0.0806. The number of hydrogen-bond acceptors (Lipinski definition) is 5. The number of hydrogen-bond donors (Lipinski definition) is 1. The molecule has 6 heteroatoms. The Kier molecular flexibility index (Phi) is 4.87. The molecule has 1 aromatic carbocycles. The topological polar surface area (TPSA) is 63.7 Å². The predicted molar refractivity (Wildman–Crippen MR) is 110 cm³/mol. The third kappa shape index (κ3) is 3.51. The number of carbonyl (C=O) groups is 1. The normalized spacial score (nSPS) is 16.2. The van der Waals surface area contributed by atoms with Crippen molar-refractivity contribution >= 4 is 17.4 Å². The molecule has 1 fully saturated rings. The molecule has 0 radical (unpaired) electrons. The molecular weight excluding hydrogens is 354 g/mol. The van der Waals surface area contributed by atoms with E-state index in [0.29, 0.717) is 19.0 Å². The molecule has 1 N–H and O–H groups in total. The van der Waals surface area contributed by atoms with Crippen molar-refractivity contribution in [2.45, 2.75) is 39.0 Å². The Labute approximate surface area is 165 Å². The molecule has 0 spiro atoms. The number of ether oxygens (including phenoxy) is 2. The number of anilines is 2. The van der Waals surface area contributed by atoms with Crippen molar-refractivity contribution in [3.05, 3.63) is 41.6 Å². The molecule has 148 valence electrons. The van der Waals surface area contributed by atoms with Gasteiger partial charge in [0.2, 0.25) is 5.91 Å². The molecule has 4 rings (SSSR count). The monoisotopic (exact) mass is 381 g/mol. The van der Waals surface area contributed by atoms with Gasteiger partial charge in [-0.2, -0.15) is 0 Å². The lowest BCUT2D eigenvalue weighted by Crippen LogP contribution is -2.35. The average molecular weight is 381 g/mol. The lowest BCUT2D eigenvalue weighted by atomic mass is 9.83. The number of pyridine rings is 1. The molecule has 1 saturated heterocycles. The first-order chi connectivity index (χ1) is 13.4. The smallest absolute Gasteiger partial charge is 0.234 e. The van der Waals surface area contributed by atoms with Gasteiger partial charge in [0.15, 0.2) is 11.5 Å². The van der Waals surface area contributed by atoms with E-state index in [1.165, 1.54) is 12.8 Å². The van der Waals surface area contributed by atoms with Crippen LogP contribution in [0.4, 0.5) is 11.5 Å². The van der Waals surface area contributed by atoms with E-state index in [9.17, 15) is 4.79 Å². The van der Waals surface area contributed by atoms with Crippen molar-refractivity contribution in [3.8, 4) is 11.5 Å². The quantitative estimate of drug-likeness (QED) is 0.875. The van der Waals surface area contributed by atoms with Gasteiger partial charge in [0, 0.05) is 13.1 Å². The summed E-state index contributed by atoms with van der Waals surface area (Å²) in [5.41, 5.74) is 1.73. The molecule has 2 aliphatic rings. The zero-order valence-corrected chi connectivity index (χ0v) is 16.7. The molecule has 3 heterocycles. The van der Waals surface area contributed by atoms with Crippen molar-refractivity contribution in [1.29, 1.82) is 0 Å². The van der Waals surface area contributed by atoms with Gasteiger partial charge in [0.25, 0.3) is 0 Å². The standard InChI is InChI=1S/C22H27N3O3/c1-15-17(7-9-20(23-15)25-10-4-5-11-25)24-21(26)22(2,3)16-6-8-18-19(14-16)28-13-12-27-18/h6-9,14H,4-5,10-13H2,1-3H3,(H,24,26). The Bertz CT molecular complexity index is 889. The van der Waals surface area contributed by atoms with Crippen LogP contribution in [0.25, 0.3) is 0 Å². The van der Waals surface area contributed by atoms with Gasteiger partial charge in [-0.05, 0) is 63.4 Å². The van der Waals surface area contributed by atoms with E-state index >= 15 is 0 Å². The number of benzene rings is 1. The summed E-state index contributed by atoms with van der Waals surface area (Å²) in [5, 5.41) is 3.05. The second-order valence-electron chi connectivity index (χ2n) is 7.93. The summed E-state index contributed by atoms with van der Waals surface area (Å²) < 4.78 is 11.2. The van der Waals surface area contributed by atoms with E-state index < -0.39 is 5.41 Å². The zero-order valence-electron chi connectivity index (χ0n) is 16.7. The van der Waals surface area contributed by atoms with Gasteiger partial charge < -0.3 is 19.7 Å². The van der Waals surface area contributed by atoms with Crippen LogP contribution < -0.4 is 19.7 Å². The second kappa shape index (κ2) is 7.34. The molecule has 6 nitrogen and oxygen atoms in total. The molecule has 0 bridgehead atoms. The van der Waals surface area contributed by atoms with Crippen LogP contribution in [0, 0.1) is 6.92 Å². The van der Waals surface area contributed by atoms with Gasteiger partial charge in [-0.3, -0.25) is 4.79 Å². The number of aromatic nitrogens is 1. The lowest BCUT2D eigenvalue weighted by Gasteiger charge is -2.27. The second-order valence-corrected chi connectivity index (χ2v) is 7.93. The summed E-state index contributed by atoms with van der Waals surface area (Å²) >= 11 is 0. The molecule has 2 aliphatic heterocycles. The highest BCUT2D eigenvalue weighted by Gasteiger charge is 2.31. The molecule has 0 saturated carbocycles. The van der Waals surface area contributed by atoms with Crippen LogP contribution in [0.3, 0.4) is 0 Å². The maximum Gasteiger partial charge on any atom is 0.234 e. The van der Waals surface area contributed by atoms with Crippen molar-refractivity contribution < 1.29 is 14.3 Å². The van der Waals surface area contributed by atoms with Gasteiger partial charge in [-0.15, -0.1) is 0 Å². The number of rotatable bonds is 4. The highest BCUT2D eigenvalue weighted by atomic mass is 16.6. The fourth-order valence-corrected chi connectivity index (χ4v) is 3.64. The summed E-state index contributed by atoms with van der Waals surface area (Å²) in [6, 6.07) is 9.64. The third-order valence-electron chi connectivity index (χ3n) is 5.58. The van der Waals surface area contributed by atoms with E-state index in [2.05, 4.69) is 10.2 Å². The Morgan fingerprint density at radius 3 is 2.50 bits per heavy atom. The first kappa shape index (κ1) is 18.6. The van der Waals surface area contributed by atoms with Crippen molar-refractivity contribution in [2.24, 2.45) is 0 Å². The van der Waals surface area contributed by atoms with E-state index in [4.69, 9.17) is 14.5 Å². The van der Waals surface area contributed by atoms with Crippen LogP contribution in [0.15, 0.2) is 30.3 Å².